The van der Waals surface area contributed by atoms with Gasteiger partial charge in [0.1, 0.15) is 6.04 Å². The quantitative estimate of drug-likeness (QED) is 0.426. The lowest BCUT2D eigenvalue weighted by molar-refractivity contribution is -0.144. The van der Waals surface area contributed by atoms with Crippen molar-refractivity contribution in [1.29, 1.82) is 0 Å². The molecule has 1 heterocycles. The van der Waals surface area contributed by atoms with Gasteiger partial charge < -0.3 is 14.7 Å². The number of hydrogen-bond acceptors (Lipinski definition) is 4. The van der Waals surface area contributed by atoms with Gasteiger partial charge in [0.2, 0.25) is 0 Å². The predicted octanol–water partition coefficient (Wildman–Crippen LogP) is -1.50. The number of likely N-dealkylation sites (N-methyl/N-ethyl adjacent to an activating group) is 1. The average molecular weight is 183 g/mol. The van der Waals surface area contributed by atoms with E-state index in [9.17, 15) is 9.59 Å². The largest absolute Gasteiger partial charge is 0.480 e. The lowest BCUT2D eigenvalue weighted by Crippen LogP contribution is -2.55. The van der Waals surface area contributed by atoms with Gasteiger partial charge in [0, 0.05) is 19.6 Å². The zero-order valence-electron chi connectivity index (χ0n) is 7.51. The fourth-order valence-electron chi connectivity index (χ4n) is 1.38. The van der Waals surface area contributed by atoms with Crippen LogP contribution in [-0.4, -0.2) is 67.1 Å². The Morgan fingerprint density at radius 3 is 2.85 bits per heavy atom. The zero-order valence-corrected chi connectivity index (χ0v) is 7.51. The molecule has 0 aromatic heterocycles. The van der Waals surface area contributed by atoms with Crippen molar-refractivity contribution in [3.8, 4) is 0 Å². The van der Waals surface area contributed by atoms with Gasteiger partial charge in [-0.25, -0.2) is 0 Å². The van der Waals surface area contributed by atoms with Gasteiger partial charge in [-0.1, -0.05) is 0 Å². The number of carboxylic acids is 1. The number of carbonyl (C=O) groups is 2. The van der Waals surface area contributed by atoms with E-state index < -0.39 is 12.0 Å². The van der Waals surface area contributed by atoms with E-state index in [-0.39, 0.29) is 0 Å². The molecule has 1 radical (unpaired) electrons. The summed E-state index contributed by atoms with van der Waals surface area (Å²) in [5.74, 6) is -0.841. The van der Waals surface area contributed by atoms with Crippen LogP contribution < -0.4 is 0 Å². The van der Waals surface area contributed by atoms with Crippen LogP contribution in [0.3, 0.4) is 0 Å². The molecule has 6 heteroatoms. The minimum absolute atomic E-state index is 0.380. The van der Waals surface area contributed by atoms with E-state index in [1.165, 1.54) is 7.41 Å². The first kappa shape index (κ1) is 10.2. The minimum atomic E-state index is -0.841. The lowest BCUT2D eigenvalue weighted by Gasteiger charge is -2.36. The summed E-state index contributed by atoms with van der Waals surface area (Å²) in [6.45, 7) is 1.75. The fraction of sp³-hybridized carbons (Fsp3) is 0.714. The van der Waals surface area contributed by atoms with Crippen LogP contribution in [0.2, 0.25) is 0 Å². The molecule has 1 saturated heterocycles. The summed E-state index contributed by atoms with van der Waals surface area (Å²) in [5.41, 5.74) is 0. The van der Waals surface area contributed by atoms with Gasteiger partial charge in [0.05, 0.1) is 6.19 Å². The highest BCUT2D eigenvalue weighted by Gasteiger charge is 2.29. The summed E-state index contributed by atoms with van der Waals surface area (Å²) in [5, 5.41) is 8.82. The molecule has 0 bridgehead atoms. The Morgan fingerprint density at radius 2 is 2.31 bits per heavy atom. The third-order valence-electron chi connectivity index (χ3n) is 2.24. The molecule has 1 rings (SSSR count). The molecule has 1 fully saturated rings. The van der Waals surface area contributed by atoms with Crippen molar-refractivity contribution < 1.29 is 14.7 Å². The summed E-state index contributed by atoms with van der Waals surface area (Å²) >= 11 is 0. The van der Waals surface area contributed by atoms with Crippen molar-refractivity contribution in [1.82, 2.24) is 9.71 Å². The first-order valence-electron chi connectivity index (χ1n) is 4.11. The molecule has 1 N–H and O–H groups in total. The van der Waals surface area contributed by atoms with Crippen molar-refractivity contribution in [3.05, 3.63) is 0 Å². The Hall–Kier alpha value is -0.875. The smallest absolute Gasteiger partial charge is 0.322 e. The highest BCUT2D eigenvalue weighted by atomic mass is 16.4. The number of piperazine rings is 1. The maximum absolute atomic E-state index is 10.7. The number of rotatable bonds is 3. The molecule has 1 aliphatic rings. The van der Waals surface area contributed by atoms with Crippen LogP contribution in [0, 0.1) is 0 Å². The lowest BCUT2D eigenvalue weighted by atomic mass is 9.92. The van der Waals surface area contributed by atoms with Crippen LogP contribution >= 0.6 is 0 Å². The number of carboxylic acid groups (broad SMARTS) is 1. The van der Waals surface area contributed by atoms with E-state index in [1.807, 2.05) is 0 Å². The van der Waals surface area contributed by atoms with Crippen LogP contribution in [0.25, 0.3) is 0 Å². The molecule has 0 amide bonds. The Bertz CT molecular complexity index is 212. The molecule has 13 heavy (non-hydrogen) atoms. The van der Waals surface area contributed by atoms with E-state index in [1.54, 1.807) is 16.8 Å². The molecule has 5 nitrogen and oxygen atoms in total. The number of aliphatic carboxylic acids is 1. The SMILES string of the molecule is CN1CCN([B]C=O)C[C@H]1C(=O)O. The van der Waals surface area contributed by atoms with Crippen LogP contribution in [0.1, 0.15) is 0 Å². The van der Waals surface area contributed by atoms with E-state index in [0.29, 0.717) is 25.8 Å². The molecule has 1 atom stereocenters. The molecule has 0 spiro atoms. The van der Waals surface area contributed by atoms with Crippen molar-refractivity contribution >= 4 is 19.6 Å². The Morgan fingerprint density at radius 1 is 1.62 bits per heavy atom. The Balaban J connectivity index is 2.52. The van der Waals surface area contributed by atoms with Crippen LogP contribution in [0.15, 0.2) is 0 Å². The van der Waals surface area contributed by atoms with Gasteiger partial charge in [-0.3, -0.25) is 9.69 Å². The van der Waals surface area contributed by atoms with Crippen LogP contribution in [0.4, 0.5) is 0 Å². The molecular weight excluding hydrogens is 171 g/mol. The van der Waals surface area contributed by atoms with Gasteiger partial charge in [0.25, 0.3) is 7.41 Å². The second-order valence-corrected chi connectivity index (χ2v) is 3.11. The van der Waals surface area contributed by atoms with E-state index in [4.69, 9.17) is 5.11 Å². The summed E-state index contributed by atoms with van der Waals surface area (Å²) < 4.78 is 0. The van der Waals surface area contributed by atoms with Crippen LogP contribution in [0.5, 0.6) is 0 Å². The topological polar surface area (TPSA) is 60.9 Å². The summed E-state index contributed by atoms with van der Waals surface area (Å²) in [6, 6.07) is -0.509. The highest BCUT2D eigenvalue weighted by molar-refractivity contribution is 6.64. The number of carbonyl (C=O) groups excluding carboxylic acids is 1. The molecule has 0 saturated carbocycles. The third-order valence-corrected chi connectivity index (χ3v) is 2.24. The van der Waals surface area contributed by atoms with Crippen molar-refractivity contribution in [3.63, 3.8) is 0 Å². The standard InChI is InChI=1S/C7H12BN2O3/c1-9-2-3-10(8-5-11)4-6(9)7(12)13/h5-6H,2-4H2,1H3,(H,12,13)/t6-/m0/s1. The third kappa shape index (κ3) is 2.53. The second-order valence-electron chi connectivity index (χ2n) is 3.11. The van der Waals surface area contributed by atoms with Gasteiger partial charge >= 0.3 is 5.97 Å². The van der Waals surface area contributed by atoms with Crippen molar-refractivity contribution in [2.24, 2.45) is 0 Å². The Labute approximate surface area is 77.6 Å². The maximum atomic E-state index is 10.7. The molecule has 71 valence electrons. The molecule has 0 unspecified atom stereocenters. The van der Waals surface area contributed by atoms with Crippen molar-refractivity contribution in [2.45, 2.75) is 6.04 Å². The molecule has 0 aliphatic carbocycles. The molecular formula is C7H12BN2O3. The predicted molar refractivity (Wildman–Crippen MR) is 48.1 cm³/mol. The first-order valence-corrected chi connectivity index (χ1v) is 4.11. The maximum Gasteiger partial charge on any atom is 0.322 e. The van der Waals surface area contributed by atoms with Gasteiger partial charge in [-0.2, -0.15) is 0 Å². The van der Waals surface area contributed by atoms with Gasteiger partial charge in [0.15, 0.2) is 0 Å². The summed E-state index contributed by atoms with van der Waals surface area (Å²) in [6.07, 6.45) is 0.685. The zero-order chi connectivity index (χ0) is 9.84. The first-order chi connectivity index (χ1) is 6.15. The number of hydrogen-bond donors (Lipinski definition) is 1. The summed E-state index contributed by atoms with van der Waals surface area (Å²) in [7, 11) is 3.17. The van der Waals surface area contributed by atoms with Gasteiger partial charge in [-0.05, 0) is 7.05 Å². The van der Waals surface area contributed by atoms with Gasteiger partial charge in [-0.15, -0.1) is 0 Å². The Kier molecular flexibility index (Phi) is 3.44. The normalized spacial score (nSPS) is 25.5. The highest BCUT2D eigenvalue weighted by Crippen LogP contribution is 2.05. The van der Waals surface area contributed by atoms with Crippen molar-refractivity contribution in [2.75, 3.05) is 26.7 Å². The molecule has 0 aromatic carbocycles. The van der Waals surface area contributed by atoms with E-state index in [2.05, 4.69) is 0 Å². The second kappa shape index (κ2) is 4.39. The van der Waals surface area contributed by atoms with E-state index in [0.717, 1.165) is 0 Å². The molecule has 1 aliphatic heterocycles. The monoisotopic (exact) mass is 183 g/mol. The summed E-state index contributed by atoms with van der Waals surface area (Å²) in [4.78, 5) is 24.4. The van der Waals surface area contributed by atoms with E-state index >= 15 is 0 Å². The minimum Gasteiger partial charge on any atom is -0.480 e. The fourth-order valence-corrected chi connectivity index (χ4v) is 1.38. The average Bonchev–Trinajstić information content (AvgIpc) is 2.08. The molecule has 0 aromatic rings. The van der Waals surface area contributed by atoms with Crippen LogP contribution in [-0.2, 0) is 9.59 Å². The number of nitrogens with zero attached hydrogens (tertiary/aromatic N) is 2.